The zero-order valence-corrected chi connectivity index (χ0v) is 7.86. The van der Waals surface area contributed by atoms with Crippen LogP contribution in [0.15, 0.2) is 18.3 Å². The SMILES string of the molecule is COCC(C)Oc1ccnc(N)c1. The molecule has 1 rings (SSSR count). The Morgan fingerprint density at radius 3 is 3.00 bits per heavy atom. The first-order valence-electron chi connectivity index (χ1n) is 4.09. The molecule has 0 spiro atoms. The molecule has 1 unspecified atom stereocenters. The van der Waals surface area contributed by atoms with Crippen LogP contribution in [0.5, 0.6) is 5.75 Å². The van der Waals surface area contributed by atoms with E-state index in [4.69, 9.17) is 15.2 Å². The van der Waals surface area contributed by atoms with E-state index in [1.807, 2.05) is 6.92 Å². The van der Waals surface area contributed by atoms with Gasteiger partial charge in [-0.1, -0.05) is 0 Å². The van der Waals surface area contributed by atoms with Gasteiger partial charge in [-0.2, -0.15) is 0 Å². The van der Waals surface area contributed by atoms with Crippen molar-refractivity contribution in [3.05, 3.63) is 18.3 Å². The molecule has 0 aliphatic heterocycles. The van der Waals surface area contributed by atoms with Crippen molar-refractivity contribution < 1.29 is 9.47 Å². The van der Waals surface area contributed by atoms with Crippen LogP contribution in [-0.2, 0) is 4.74 Å². The van der Waals surface area contributed by atoms with Crippen molar-refractivity contribution >= 4 is 5.82 Å². The maximum atomic E-state index is 5.49. The minimum absolute atomic E-state index is 0.0202. The molecule has 0 amide bonds. The second-order valence-corrected chi connectivity index (χ2v) is 2.80. The number of anilines is 1. The fourth-order valence-corrected chi connectivity index (χ4v) is 1.00. The molecule has 0 aliphatic carbocycles. The van der Waals surface area contributed by atoms with Crippen molar-refractivity contribution in [3.8, 4) is 5.75 Å². The third-order valence-electron chi connectivity index (χ3n) is 1.49. The fraction of sp³-hybridized carbons (Fsp3) is 0.444. The quantitative estimate of drug-likeness (QED) is 0.757. The highest BCUT2D eigenvalue weighted by Crippen LogP contribution is 2.13. The molecule has 0 radical (unpaired) electrons. The van der Waals surface area contributed by atoms with Gasteiger partial charge in [-0.05, 0) is 13.0 Å². The highest BCUT2D eigenvalue weighted by molar-refractivity contribution is 5.35. The lowest BCUT2D eigenvalue weighted by atomic mass is 10.4. The summed E-state index contributed by atoms with van der Waals surface area (Å²) >= 11 is 0. The molecule has 4 heteroatoms. The van der Waals surface area contributed by atoms with Gasteiger partial charge in [0.1, 0.15) is 17.7 Å². The molecule has 0 aromatic carbocycles. The van der Waals surface area contributed by atoms with Gasteiger partial charge in [-0.25, -0.2) is 4.98 Å². The molecule has 1 atom stereocenters. The number of nitrogen functional groups attached to an aromatic ring is 1. The highest BCUT2D eigenvalue weighted by atomic mass is 16.5. The molecule has 0 fully saturated rings. The van der Waals surface area contributed by atoms with E-state index >= 15 is 0 Å². The van der Waals surface area contributed by atoms with Gasteiger partial charge in [0.15, 0.2) is 0 Å². The number of nitrogens with two attached hydrogens (primary N) is 1. The second-order valence-electron chi connectivity index (χ2n) is 2.80. The lowest BCUT2D eigenvalue weighted by molar-refractivity contribution is 0.0921. The van der Waals surface area contributed by atoms with Crippen molar-refractivity contribution in [2.75, 3.05) is 19.5 Å². The lowest BCUT2D eigenvalue weighted by Crippen LogP contribution is -2.17. The molecule has 0 aliphatic rings. The summed E-state index contributed by atoms with van der Waals surface area (Å²) in [7, 11) is 1.64. The van der Waals surface area contributed by atoms with Crippen LogP contribution in [0.2, 0.25) is 0 Å². The first-order valence-corrected chi connectivity index (χ1v) is 4.09. The van der Waals surface area contributed by atoms with Crippen molar-refractivity contribution in [2.45, 2.75) is 13.0 Å². The lowest BCUT2D eigenvalue weighted by Gasteiger charge is -2.13. The molecular formula is C9H14N2O2. The average molecular weight is 182 g/mol. The molecule has 1 aromatic heterocycles. The molecule has 0 bridgehead atoms. The predicted molar refractivity (Wildman–Crippen MR) is 50.6 cm³/mol. The van der Waals surface area contributed by atoms with Gasteiger partial charge < -0.3 is 15.2 Å². The Hall–Kier alpha value is -1.29. The average Bonchev–Trinajstić information content (AvgIpc) is 2.04. The van der Waals surface area contributed by atoms with Gasteiger partial charge >= 0.3 is 0 Å². The number of methoxy groups -OCH3 is 1. The van der Waals surface area contributed by atoms with Crippen molar-refractivity contribution in [2.24, 2.45) is 0 Å². The van der Waals surface area contributed by atoms with E-state index in [9.17, 15) is 0 Å². The Labute approximate surface area is 77.7 Å². The molecule has 2 N–H and O–H groups in total. The number of aromatic nitrogens is 1. The van der Waals surface area contributed by atoms with Gasteiger partial charge in [0.2, 0.25) is 0 Å². The number of hydrogen-bond donors (Lipinski definition) is 1. The van der Waals surface area contributed by atoms with Crippen molar-refractivity contribution in [1.29, 1.82) is 0 Å². The normalized spacial score (nSPS) is 12.5. The summed E-state index contributed by atoms with van der Waals surface area (Å²) in [5.41, 5.74) is 5.49. The Morgan fingerprint density at radius 2 is 2.38 bits per heavy atom. The van der Waals surface area contributed by atoms with E-state index in [2.05, 4.69) is 4.98 Å². The molecule has 1 heterocycles. The summed E-state index contributed by atoms with van der Waals surface area (Å²) < 4.78 is 10.4. The number of nitrogens with zero attached hydrogens (tertiary/aromatic N) is 1. The van der Waals surface area contributed by atoms with E-state index in [-0.39, 0.29) is 6.10 Å². The second kappa shape index (κ2) is 4.67. The highest BCUT2D eigenvalue weighted by Gasteiger charge is 2.02. The molecule has 1 aromatic rings. The minimum atomic E-state index is 0.0202. The molecule has 4 nitrogen and oxygen atoms in total. The Kier molecular flexibility index (Phi) is 3.52. The summed E-state index contributed by atoms with van der Waals surface area (Å²) in [5.74, 6) is 1.18. The van der Waals surface area contributed by atoms with Gasteiger partial charge in [-0.3, -0.25) is 0 Å². The topological polar surface area (TPSA) is 57.4 Å². The smallest absolute Gasteiger partial charge is 0.126 e. The molecule has 13 heavy (non-hydrogen) atoms. The number of ether oxygens (including phenoxy) is 2. The first kappa shape index (κ1) is 9.80. The zero-order chi connectivity index (χ0) is 9.68. The van der Waals surface area contributed by atoms with Gasteiger partial charge in [0.05, 0.1) is 6.61 Å². The first-order chi connectivity index (χ1) is 6.22. The summed E-state index contributed by atoms with van der Waals surface area (Å²) in [6.45, 7) is 2.49. The van der Waals surface area contributed by atoms with Gasteiger partial charge in [0, 0.05) is 19.4 Å². The zero-order valence-electron chi connectivity index (χ0n) is 7.86. The molecule has 0 saturated heterocycles. The number of pyridine rings is 1. The Bertz CT molecular complexity index is 266. The maximum absolute atomic E-state index is 5.49. The number of rotatable bonds is 4. The van der Waals surface area contributed by atoms with Crippen LogP contribution in [0, 0.1) is 0 Å². The van der Waals surface area contributed by atoms with Crippen LogP contribution in [0.1, 0.15) is 6.92 Å². The molecular weight excluding hydrogens is 168 g/mol. The third-order valence-corrected chi connectivity index (χ3v) is 1.49. The Balaban J connectivity index is 2.53. The van der Waals surface area contributed by atoms with Crippen LogP contribution in [0.3, 0.4) is 0 Å². The van der Waals surface area contributed by atoms with Crippen molar-refractivity contribution in [3.63, 3.8) is 0 Å². The van der Waals surface area contributed by atoms with Crippen LogP contribution >= 0.6 is 0 Å². The minimum Gasteiger partial charge on any atom is -0.488 e. The maximum Gasteiger partial charge on any atom is 0.126 e. The van der Waals surface area contributed by atoms with Crippen molar-refractivity contribution in [1.82, 2.24) is 4.98 Å². The van der Waals surface area contributed by atoms with E-state index in [0.717, 1.165) is 5.75 Å². The monoisotopic (exact) mass is 182 g/mol. The van der Waals surface area contributed by atoms with E-state index in [1.165, 1.54) is 0 Å². The standard InChI is InChI=1S/C9H14N2O2/c1-7(6-12-2)13-8-3-4-11-9(10)5-8/h3-5,7H,6H2,1-2H3,(H2,10,11). The molecule has 0 saturated carbocycles. The van der Waals surface area contributed by atoms with Gasteiger partial charge in [0.25, 0.3) is 0 Å². The largest absolute Gasteiger partial charge is 0.488 e. The molecule has 72 valence electrons. The van der Waals surface area contributed by atoms with E-state index < -0.39 is 0 Å². The summed E-state index contributed by atoms with van der Waals surface area (Å²) in [6, 6.07) is 3.45. The van der Waals surface area contributed by atoms with E-state index in [1.54, 1.807) is 25.4 Å². The third kappa shape index (κ3) is 3.29. The van der Waals surface area contributed by atoms with Crippen LogP contribution < -0.4 is 10.5 Å². The van der Waals surface area contributed by atoms with Crippen LogP contribution in [-0.4, -0.2) is 24.8 Å². The van der Waals surface area contributed by atoms with Gasteiger partial charge in [-0.15, -0.1) is 0 Å². The predicted octanol–water partition coefficient (Wildman–Crippen LogP) is 1.08. The summed E-state index contributed by atoms with van der Waals surface area (Å²) in [4.78, 5) is 3.86. The fourth-order valence-electron chi connectivity index (χ4n) is 1.00. The van der Waals surface area contributed by atoms with Crippen LogP contribution in [0.25, 0.3) is 0 Å². The number of hydrogen-bond acceptors (Lipinski definition) is 4. The van der Waals surface area contributed by atoms with Crippen LogP contribution in [0.4, 0.5) is 5.82 Å². The van der Waals surface area contributed by atoms with E-state index in [0.29, 0.717) is 12.4 Å². The summed E-state index contributed by atoms with van der Waals surface area (Å²) in [6.07, 6.45) is 1.64. The Morgan fingerprint density at radius 1 is 1.62 bits per heavy atom. The summed E-state index contributed by atoms with van der Waals surface area (Å²) in [5, 5.41) is 0.